The van der Waals surface area contributed by atoms with Gasteiger partial charge in [0.1, 0.15) is 5.75 Å². The highest BCUT2D eigenvalue weighted by atomic mass is 127. The summed E-state index contributed by atoms with van der Waals surface area (Å²) in [6, 6.07) is 6.59. The molecule has 1 saturated carbocycles. The van der Waals surface area contributed by atoms with E-state index in [0.29, 0.717) is 5.54 Å². The SMILES string of the molecule is CN=C(NCCc1ccc2c(c1)CCO2)NCC1(N2CCSCC2)CCCC1.I. The van der Waals surface area contributed by atoms with Crippen molar-refractivity contribution in [2.24, 2.45) is 4.99 Å². The highest BCUT2D eigenvalue weighted by Crippen LogP contribution is 2.36. The topological polar surface area (TPSA) is 48.9 Å². The van der Waals surface area contributed by atoms with Crippen LogP contribution >= 0.6 is 35.7 Å². The van der Waals surface area contributed by atoms with E-state index in [9.17, 15) is 0 Å². The lowest BCUT2D eigenvalue weighted by atomic mass is 9.94. The first-order valence-electron chi connectivity index (χ1n) is 10.8. The lowest BCUT2D eigenvalue weighted by molar-refractivity contribution is 0.107. The van der Waals surface area contributed by atoms with Gasteiger partial charge in [0.2, 0.25) is 0 Å². The second kappa shape index (κ2) is 11.1. The average Bonchev–Trinajstić information content (AvgIpc) is 3.41. The molecule has 162 valence electrons. The fourth-order valence-corrected chi connectivity index (χ4v) is 5.77. The van der Waals surface area contributed by atoms with Gasteiger partial charge < -0.3 is 15.4 Å². The number of ether oxygens (including phenoxy) is 1. The van der Waals surface area contributed by atoms with Crippen molar-refractivity contribution in [1.29, 1.82) is 0 Å². The normalized spacial score (nSPS) is 21.2. The third-order valence-corrected chi connectivity index (χ3v) is 7.43. The molecule has 0 radical (unpaired) electrons. The van der Waals surface area contributed by atoms with Gasteiger partial charge in [-0.15, -0.1) is 24.0 Å². The molecule has 2 heterocycles. The zero-order valence-corrected chi connectivity index (χ0v) is 20.7. The summed E-state index contributed by atoms with van der Waals surface area (Å²) >= 11 is 2.10. The number of hydrogen-bond acceptors (Lipinski definition) is 4. The minimum absolute atomic E-state index is 0. The molecule has 0 spiro atoms. The summed E-state index contributed by atoms with van der Waals surface area (Å²) in [6.07, 6.45) is 7.40. The van der Waals surface area contributed by atoms with Gasteiger partial charge in [-0.05, 0) is 36.5 Å². The first-order valence-corrected chi connectivity index (χ1v) is 12.0. The van der Waals surface area contributed by atoms with Gasteiger partial charge in [-0.1, -0.05) is 25.0 Å². The molecule has 2 N–H and O–H groups in total. The van der Waals surface area contributed by atoms with Gasteiger partial charge in [0, 0.05) is 56.7 Å². The minimum atomic E-state index is 0. The fourth-order valence-electron chi connectivity index (χ4n) is 4.87. The van der Waals surface area contributed by atoms with Gasteiger partial charge >= 0.3 is 0 Å². The number of benzene rings is 1. The van der Waals surface area contributed by atoms with Crippen LogP contribution in [0.15, 0.2) is 23.2 Å². The predicted octanol–water partition coefficient (Wildman–Crippen LogP) is 3.31. The van der Waals surface area contributed by atoms with Crippen molar-refractivity contribution < 1.29 is 4.74 Å². The lowest BCUT2D eigenvalue weighted by Gasteiger charge is -2.43. The third-order valence-electron chi connectivity index (χ3n) is 6.48. The number of nitrogens with zero attached hydrogens (tertiary/aromatic N) is 2. The average molecular weight is 531 g/mol. The number of rotatable bonds is 6. The van der Waals surface area contributed by atoms with Crippen LogP contribution in [-0.2, 0) is 12.8 Å². The molecule has 5 nitrogen and oxygen atoms in total. The second-order valence-corrected chi connectivity index (χ2v) is 9.40. The van der Waals surface area contributed by atoms with Gasteiger partial charge in [-0.2, -0.15) is 11.8 Å². The Hall–Kier alpha value is -0.670. The molecule has 2 fully saturated rings. The molecule has 7 heteroatoms. The first-order chi connectivity index (χ1) is 13.8. The second-order valence-electron chi connectivity index (χ2n) is 8.17. The summed E-state index contributed by atoms with van der Waals surface area (Å²) in [6.45, 7) is 5.20. The van der Waals surface area contributed by atoms with Crippen LogP contribution in [0, 0.1) is 0 Å². The van der Waals surface area contributed by atoms with Crippen molar-refractivity contribution in [3.63, 3.8) is 0 Å². The summed E-state index contributed by atoms with van der Waals surface area (Å²) in [5, 5.41) is 7.16. The van der Waals surface area contributed by atoms with E-state index in [2.05, 4.69) is 50.5 Å². The molecule has 0 unspecified atom stereocenters. The Balaban J connectivity index is 0.00000240. The molecule has 0 atom stereocenters. The smallest absolute Gasteiger partial charge is 0.191 e. The largest absolute Gasteiger partial charge is 0.493 e. The molecule has 1 aromatic carbocycles. The van der Waals surface area contributed by atoms with Crippen LogP contribution in [-0.4, -0.2) is 67.7 Å². The Morgan fingerprint density at radius 2 is 2.00 bits per heavy atom. The fraction of sp³-hybridized carbons (Fsp3) is 0.682. The summed E-state index contributed by atoms with van der Waals surface area (Å²) in [7, 11) is 1.88. The van der Waals surface area contributed by atoms with Gasteiger partial charge in [-0.3, -0.25) is 9.89 Å². The summed E-state index contributed by atoms with van der Waals surface area (Å²) < 4.78 is 5.60. The zero-order chi connectivity index (χ0) is 19.2. The summed E-state index contributed by atoms with van der Waals surface area (Å²) in [5.41, 5.74) is 3.05. The van der Waals surface area contributed by atoms with Gasteiger partial charge in [-0.25, -0.2) is 0 Å². The van der Waals surface area contributed by atoms with E-state index in [1.54, 1.807) is 0 Å². The van der Waals surface area contributed by atoms with Crippen molar-refractivity contribution >= 4 is 41.7 Å². The zero-order valence-electron chi connectivity index (χ0n) is 17.5. The Kier molecular flexibility index (Phi) is 8.80. The molecule has 0 aromatic heterocycles. The molecule has 3 aliphatic rings. The van der Waals surface area contributed by atoms with E-state index in [-0.39, 0.29) is 24.0 Å². The van der Waals surface area contributed by atoms with Crippen LogP contribution in [0.2, 0.25) is 0 Å². The number of aliphatic imine (C=N–C) groups is 1. The Labute approximate surface area is 196 Å². The maximum Gasteiger partial charge on any atom is 0.191 e. The van der Waals surface area contributed by atoms with Crippen LogP contribution in [0.3, 0.4) is 0 Å². The highest BCUT2D eigenvalue weighted by Gasteiger charge is 2.39. The Bertz CT molecular complexity index is 687. The van der Waals surface area contributed by atoms with E-state index in [4.69, 9.17) is 4.74 Å². The number of fused-ring (bicyclic) bond motifs is 1. The van der Waals surface area contributed by atoms with Gasteiger partial charge in [0.05, 0.1) is 6.61 Å². The van der Waals surface area contributed by atoms with E-state index < -0.39 is 0 Å². The molecule has 0 bridgehead atoms. The van der Waals surface area contributed by atoms with Crippen LogP contribution in [0.5, 0.6) is 5.75 Å². The quantitative estimate of drug-likeness (QED) is 0.336. The van der Waals surface area contributed by atoms with Crippen molar-refractivity contribution in [3.8, 4) is 5.75 Å². The van der Waals surface area contributed by atoms with Crippen molar-refractivity contribution in [2.75, 3.05) is 51.3 Å². The molecule has 1 aliphatic carbocycles. The molecule has 0 amide bonds. The summed E-state index contributed by atoms with van der Waals surface area (Å²) in [4.78, 5) is 7.22. The van der Waals surface area contributed by atoms with Crippen LogP contribution in [0.4, 0.5) is 0 Å². The monoisotopic (exact) mass is 530 g/mol. The molecule has 29 heavy (non-hydrogen) atoms. The first kappa shape index (κ1) is 23.0. The molecular weight excluding hydrogens is 495 g/mol. The van der Waals surface area contributed by atoms with E-state index in [1.807, 2.05) is 7.05 Å². The number of hydrogen-bond donors (Lipinski definition) is 2. The third kappa shape index (κ3) is 5.73. The van der Waals surface area contributed by atoms with E-state index in [1.165, 1.54) is 61.4 Å². The Morgan fingerprint density at radius 3 is 2.76 bits per heavy atom. The predicted molar refractivity (Wildman–Crippen MR) is 134 cm³/mol. The highest BCUT2D eigenvalue weighted by molar-refractivity contribution is 14.0. The molecular formula is C22H35IN4OS. The molecule has 1 saturated heterocycles. The van der Waals surface area contributed by atoms with Crippen molar-refractivity contribution in [2.45, 2.75) is 44.1 Å². The van der Waals surface area contributed by atoms with E-state index >= 15 is 0 Å². The van der Waals surface area contributed by atoms with Crippen LogP contribution < -0.4 is 15.4 Å². The maximum absolute atomic E-state index is 5.60. The standard InChI is InChI=1S/C22H34N4OS.HI/c1-23-21(24-10-6-18-4-5-20-19(16-18)7-13-27-20)25-17-22(8-2-3-9-22)26-11-14-28-15-12-26;/h4-5,16H,2-3,6-15,17H2,1H3,(H2,23,24,25);1H. The van der Waals surface area contributed by atoms with Crippen LogP contribution in [0.25, 0.3) is 0 Å². The van der Waals surface area contributed by atoms with E-state index in [0.717, 1.165) is 44.2 Å². The number of guanidine groups is 1. The van der Waals surface area contributed by atoms with Crippen molar-refractivity contribution in [1.82, 2.24) is 15.5 Å². The molecule has 4 rings (SSSR count). The van der Waals surface area contributed by atoms with Crippen LogP contribution in [0.1, 0.15) is 36.8 Å². The number of thioether (sulfide) groups is 1. The molecule has 2 aliphatic heterocycles. The lowest BCUT2D eigenvalue weighted by Crippen LogP contribution is -2.57. The van der Waals surface area contributed by atoms with Gasteiger partial charge in [0.25, 0.3) is 0 Å². The Morgan fingerprint density at radius 1 is 1.21 bits per heavy atom. The number of halogens is 1. The number of nitrogens with one attached hydrogen (secondary N) is 2. The molecule has 1 aromatic rings. The summed E-state index contributed by atoms with van der Waals surface area (Å²) in [5.74, 6) is 4.55. The van der Waals surface area contributed by atoms with Gasteiger partial charge in [0.15, 0.2) is 5.96 Å². The van der Waals surface area contributed by atoms with Crippen molar-refractivity contribution in [3.05, 3.63) is 29.3 Å². The maximum atomic E-state index is 5.60. The minimum Gasteiger partial charge on any atom is -0.493 e.